The molecule has 0 atom stereocenters. The molecule has 0 bridgehead atoms. The molecular formula is C11H13N3O. The molecule has 1 aliphatic carbocycles. The van der Waals surface area contributed by atoms with Gasteiger partial charge in [-0.2, -0.15) is 4.73 Å². The van der Waals surface area contributed by atoms with Crippen LogP contribution >= 0.6 is 0 Å². The molecule has 4 heteroatoms. The van der Waals surface area contributed by atoms with Crippen LogP contribution in [0.15, 0.2) is 30.5 Å². The minimum atomic E-state index is 0.412. The van der Waals surface area contributed by atoms with Crippen molar-refractivity contribution in [2.24, 2.45) is 0 Å². The van der Waals surface area contributed by atoms with E-state index in [0.29, 0.717) is 11.1 Å². The number of rotatable bonds is 2. The Morgan fingerprint density at radius 3 is 2.93 bits per heavy atom. The SMILES string of the molecule is CCNc1ccc(=N)c2cccn(O)c1-2. The highest BCUT2D eigenvalue weighted by molar-refractivity contribution is 5.75. The zero-order chi connectivity index (χ0) is 10.8. The molecule has 78 valence electrons. The second-order valence-corrected chi connectivity index (χ2v) is 3.31. The van der Waals surface area contributed by atoms with Gasteiger partial charge in [0.2, 0.25) is 0 Å². The van der Waals surface area contributed by atoms with Gasteiger partial charge in [0.05, 0.1) is 11.0 Å². The van der Waals surface area contributed by atoms with Crippen molar-refractivity contribution in [3.63, 3.8) is 0 Å². The third-order valence-corrected chi connectivity index (χ3v) is 2.30. The number of anilines is 1. The lowest BCUT2D eigenvalue weighted by Crippen LogP contribution is -2.13. The van der Waals surface area contributed by atoms with Crippen molar-refractivity contribution < 1.29 is 5.21 Å². The molecule has 2 rings (SSSR count). The maximum absolute atomic E-state index is 9.70. The van der Waals surface area contributed by atoms with Crippen LogP contribution in [0, 0.1) is 5.41 Å². The summed E-state index contributed by atoms with van der Waals surface area (Å²) in [5.74, 6) is 0. The fraction of sp³-hybridized carbons (Fsp3) is 0.182. The van der Waals surface area contributed by atoms with E-state index in [4.69, 9.17) is 5.41 Å². The Hall–Kier alpha value is -1.97. The maximum Gasteiger partial charge on any atom is 0.112 e. The highest BCUT2D eigenvalue weighted by Crippen LogP contribution is 2.25. The predicted octanol–water partition coefficient (Wildman–Crippen LogP) is 1.74. The summed E-state index contributed by atoms with van der Waals surface area (Å²) in [5.41, 5.74) is 2.22. The molecule has 0 aromatic rings. The van der Waals surface area contributed by atoms with Crippen molar-refractivity contribution in [2.75, 3.05) is 11.9 Å². The molecule has 3 N–H and O–H groups in total. The lowest BCUT2D eigenvalue weighted by Gasteiger charge is -2.15. The highest BCUT2D eigenvalue weighted by atomic mass is 16.5. The zero-order valence-corrected chi connectivity index (χ0v) is 8.49. The molecule has 4 nitrogen and oxygen atoms in total. The summed E-state index contributed by atoms with van der Waals surface area (Å²) in [6.07, 6.45) is 1.56. The number of nitrogens with zero attached hydrogens (tertiary/aromatic N) is 1. The highest BCUT2D eigenvalue weighted by Gasteiger charge is 2.11. The van der Waals surface area contributed by atoms with Crippen molar-refractivity contribution in [1.82, 2.24) is 4.73 Å². The predicted molar refractivity (Wildman–Crippen MR) is 58.3 cm³/mol. The van der Waals surface area contributed by atoms with Crippen molar-refractivity contribution in [3.05, 3.63) is 35.8 Å². The minimum Gasteiger partial charge on any atom is -0.428 e. The molecule has 0 radical (unpaired) electrons. The van der Waals surface area contributed by atoms with E-state index < -0.39 is 0 Å². The fourth-order valence-electron chi connectivity index (χ4n) is 1.65. The molecule has 0 unspecified atom stereocenters. The Bertz CT molecular complexity index is 504. The van der Waals surface area contributed by atoms with E-state index >= 15 is 0 Å². The van der Waals surface area contributed by atoms with Gasteiger partial charge in [-0.25, -0.2) is 0 Å². The van der Waals surface area contributed by atoms with Crippen LogP contribution in [0.3, 0.4) is 0 Å². The standard InChI is InChI=1S/C11H13N3O/c1-2-13-10-6-5-9(12)8-4-3-7-14(15)11(8)10/h3-7,12-13,15H,2H2,1H3. The van der Waals surface area contributed by atoms with Gasteiger partial charge in [0, 0.05) is 18.3 Å². The van der Waals surface area contributed by atoms with Crippen LogP contribution in [0.4, 0.5) is 5.69 Å². The molecule has 1 heterocycles. The van der Waals surface area contributed by atoms with Gasteiger partial charge in [-0.15, -0.1) is 0 Å². The number of aromatic nitrogens is 1. The fourth-order valence-corrected chi connectivity index (χ4v) is 1.65. The van der Waals surface area contributed by atoms with E-state index in [-0.39, 0.29) is 0 Å². The molecule has 0 saturated carbocycles. The number of hydrogen-bond acceptors (Lipinski definition) is 3. The van der Waals surface area contributed by atoms with Crippen LogP contribution < -0.4 is 10.7 Å². The molecule has 0 fully saturated rings. The lowest BCUT2D eigenvalue weighted by atomic mass is 10.1. The Labute approximate surface area is 87.6 Å². The molecule has 0 aromatic heterocycles. The normalized spacial score (nSPS) is 10.5. The minimum absolute atomic E-state index is 0.412. The van der Waals surface area contributed by atoms with E-state index in [1.54, 1.807) is 24.4 Å². The number of nitrogens with one attached hydrogen (secondary N) is 2. The van der Waals surface area contributed by atoms with Gasteiger partial charge in [-0.3, -0.25) is 0 Å². The molecular weight excluding hydrogens is 190 g/mol. The number of hydrogen-bond donors (Lipinski definition) is 3. The molecule has 0 spiro atoms. The van der Waals surface area contributed by atoms with Crippen LogP contribution in [0.1, 0.15) is 6.92 Å². The molecule has 15 heavy (non-hydrogen) atoms. The first-order chi connectivity index (χ1) is 7.24. The Balaban J connectivity index is 2.75. The van der Waals surface area contributed by atoms with Gasteiger partial charge in [-0.05, 0) is 31.2 Å². The van der Waals surface area contributed by atoms with Crippen molar-refractivity contribution in [2.45, 2.75) is 6.92 Å². The number of benzene rings is 1. The Kier molecular flexibility index (Phi) is 2.33. The van der Waals surface area contributed by atoms with Gasteiger partial charge >= 0.3 is 0 Å². The van der Waals surface area contributed by atoms with Crippen LogP contribution in [-0.4, -0.2) is 16.5 Å². The summed E-state index contributed by atoms with van der Waals surface area (Å²) >= 11 is 0. The van der Waals surface area contributed by atoms with E-state index in [1.165, 1.54) is 0 Å². The smallest absolute Gasteiger partial charge is 0.112 e. The molecule has 0 saturated heterocycles. The van der Waals surface area contributed by atoms with Crippen LogP contribution in [0.5, 0.6) is 0 Å². The lowest BCUT2D eigenvalue weighted by molar-refractivity contribution is 0.189. The zero-order valence-electron chi connectivity index (χ0n) is 8.49. The summed E-state index contributed by atoms with van der Waals surface area (Å²) in [7, 11) is 0. The van der Waals surface area contributed by atoms with Gasteiger partial charge < -0.3 is 15.9 Å². The van der Waals surface area contributed by atoms with E-state index in [0.717, 1.165) is 22.5 Å². The molecule has 0 amide bonds. The van der Waals surface area contributed by atoms with Crippen LogP contribution in [-0.2, 0) is 0 Å². The summed E-state index contributed by atoms with van der Waals surface area (Å²) in [5, 5.41) is 21.0. The van der Waals surface area contributed by atoms with E-state index in [1.807, 2.05) is 13.0 Å². The largest absolute Gasteiger partial charge is 0.428 e. The van der Waals surface area contributed by atoms with Crippen LogP contribution in [0.25, 0.3) is 11.3 Å². The van der Waals surface area contributed by atoms with Crippen molar-refractivity contribution in [3.8, 4) is 11.3 Å². The van der Waals surface area contributed by atoms with Gasteiger partial charge in [0.1, 0.15) is 5.69 Å². The second-order valence-electron chi connectivity index (χ2n) is 3.31. The first-order valence-electron chi connectivity index (χ1n) is 4.86. The maximum atomic E-state index is 9.70. The first kappa shape index (κ1) is 9.58. The molecule has 2 aliphatic rings. The number of pyridine rings is 1. The first-order valence-corrected chi connectivity index (χ1v) is 4.86. The monoisotopic (exact) mass is 203 g/mol. The summed E-state index contributed by atoms with van der Waals surface area (Å²) in [4.78, 5) is 0. The summed E-state index contributed by atoms with van der Waals surface area (Å²) in [6.45, 7) is 2.77. The van der Waals surface area contributed by atoms with Gasteiger partial charge in [0.25, 0.3) is 0 Å². The topological polar surface area (TPSA) is 61.0 Å². The Morgan fingerprint density at radius 1 is 1.40 bits per heavy atom. The average molecular weight is 203 g/mol. The number of fused-ring (bicyclic) bond motifs is 1. The van der Waals surface area contributed by atoms with Crippen molar-refractivity contribution in [1.29, 1.82) is 5.41 Å². The van der Waals surface area contributed by atoms with Gasteiger partial charge in [0.15, 0.2) is 0 Å². The summed E-state index contributed by atoms with van der Waals surface area (Å²) in [6, 6.07) is 7.07. The third-order valence-electron chi connectivity index (χ3n) is 2.30. The third kappa shape index (κ3) is 1.54. The van der Waals surface area contributed by atoms with E-state index in [9.17, 15) is 5.21 Å². The quantitative estimate of drug-likeness (QED) is 0.651. The van der Waals surface area contributed by atoms with Crippen molar-refractivity contribution >= 4 is 5.69 Å². The Morgan fingerprint density at radius 2 is 2.20 bits per heavy atom. The summed E-state index contributed by atoms with van der Waals surface area (Å²) < 4.78 is 1.05. The van der Waals surface area contributed by atoms with Crippen LogP contribution in [0.2, 0.25) is 0 Å². The molecule has 1 aliphatic heterocycles. The second kappa shape index (κ2) is 3.65. The van der Waals surface area contributed by atoms with Gasteiger partial charge in [-0.1, -0.05) is 0 Å². The average Bonchev–Trinajstić information content (AvgIpc) is 2.23. The molecule has 0 aromatic carbocycles. The van der Waals surface area contributed by atoms with E-state index in [2.05, 4.69) is 5.32 Å².